The Labute approximate surface area is 149 Å². The van der Waals surface area contributed by atoms with E-state index in [1.165, 1.54) is 0 Å². The van der Waals surface area contributed by atoms with Crippen LogP contribution in [0.25, 0.3) is 22.0 Å². The highest BCUT2D eigenvalue weighted by molar-refractivity contribution is 6.05. The zero-order valence-corrected chi connectivity index (χ0v) is 14.3. The number of furan rings is 1. The highest BCUT2D eigenvalue weighted by Gasteiger charge is 2.14. The Hall–Kier alpha value is -3.54. The number of amides is 1. The second-order valence-corrected chi connectivity index (χ2v) is 5.74. The molecule has 0 saturated carbocycles. The smallest absolute Gasteiger partial charge is 0.291 e. The molecule has 0 aliphatic carbocycles. The van der Waals surface area contributed by atoms with E-state index in [-0.39, 0.29) is 11.7 Å². The van der Waals surface area contributed by atoms with Crippen molar-refractivity contribution in [3.05, 3.63) is 60.4 Å². The fraction of sp³-hybridized carbons (Fsp3) is 0.100. The van der Waals surface area contributed by atoms with Gasteiger partial charge in [0.2, 0.25) is 5.71 Å². The summed E-state index contributed by atoms with van der Waals surface area (Å²) in [6.45, 7) is 0. The SMILES string of the molecule is COc1cccc(NC(=O)c2cc3cc4ccc(OC)cc4nc3o2)c1. The molecule has 0 unspecified atom stereocenters. The van der Waals surface area contributed by atoms with Crippen LogP contribution in [0.1, 0.15) is 10.6 Å². The third-order valence-electron chi connectivity index (χ3n) is 4.06. The minimum Gasteiger partial charge on any atom is -0.497 e. The van der Waals surface area contributed by atoms with Gasteiger partial charge in [-0.25, -0.2) is 4.98 Å². The van der Waals surface area contributed by atoms with Gasteiger partial charge in [-0.2, -0.15) is 0 Å². The lowest BCUT2D eigenvalue weighted by atomic mass is 10.2. The first-order valence-electron chi connectivity index (χ1n) is 8.00. The van der Waals surface area contributed by atoms with Crippen molar-refractivity contribution in [2.75, 3.05) is 19.5 Å². The maximum absolute atomic E-state index is 12.5. The topological polar surface area (TPSA) is 73.6 Å². The molecular weight excluding hydrogens is 332 g/mol. The van der Waals surface area contributed by atoms with E-state index in [1.807, 2.05) is 24.3 Å². The highest BCUT2D eigenvalue weighted by atomic mass is 16.5. The molecule has 4 rings (SSSR count). The van der Waals surface area contributed by atoms with Gasteiger partial charge in [0.05, 0.1) is 19.7 Å². The van der Waals surface area contributed by atoms with Crippen molar-refractivity contribution >= 4 is 33.6 Å². The Kier molecular flexibility index (Phi) is 3.93. The highest BCUT2D eigenvalue weighted by Crippen LogP contribution is 2.26. The number of pyridine rings is 1. The van der Waals surface area contributed by atoms with Gasteiger partial charge in [-0.05, 0) is 36.4 Å². The molecule has 26 heavy (non-hydrogen) atoms. The fourth-order valence-corrected chi connectivity index (χ4v) is 2.74. The van der Waals surface area contributed by atoms with E-state index in [4.69, 9.17) is 13.9 Å². The third kappa shape index (κ3) is 2.93. The molecule has 0 aliphatic rings. The largest absolute Gasteiger partial charge is 0.497 e. The molecule has 2 aromatic heterocycles. The number of aromatic nitrogens is 1. The number of fused-ring (bicyclic) bond motifs is 2. The number of carbonyl (C=O) groups is 1. The molecule has 0 spiro atoms. The van der Waals surface area contributed by atoms with Crippen LogP contribution in [0.15, 0.2) is 59.0 Å². The van der Waals surface area contributed by atoms with E-state index in [0.29, 0.717) is 22.9 Å². The summed E-state index contributed by atoms with van der Waals surface area (Å²) in [5.74, 6) is 1.22. The number of nitrogens with one attached hydrogen (secondary N) is 1. The number of rotatable bonds is 4. The number of anilines is 1. The average molecular weight is 348 g/mol. The number of nitrogens with zero attached hydrogens (tertiary/aromatic N) is 1. The molecular formula is C20H16N2O4. The molecule has 0 atom stereocenters. The van der Waals surface area contributed by atoms with Crippen LogP contribution in [0.3, 0.4) is 0 Å². The molecule has 0 bridgehead atoms. The average Bonchev–Trinajstić information content (AvgIpc) is 3.08. The van der Waals surface area contributed by atoms with Crippen LogP contribution in [0, 0.1) is 0 Å². The van der Waals surface area contributed by atoms with Crippen LogP contribution in [0.4, 0.5) is 5.69 Å². The van der Waals surface area contributed by atoms with Gasteiger partial charge in [-0.3, -0.25) is 4.79 Å². The summed E-state index contributed by atoms with van der Waals surface area (Å²) < 4.78 is 16.0. The Morgan fingerprint density at radius 2 is 1.77 bits per heavy atom. The second kappa shape index (κ2) is 6.40. The maximum Gasteiger partial charge on any atom is 0.291 e. The number of hydrogen-bond acceptors (Lipinski definition) is 5. The Balaban J connectivity index is 1.67. The fourth-order valence-electron chi connectivity index (χ4n) is 2.74. The predicted molar refractivity (Wildman–Crippen MR) is 99.0 cm³/mol. The first-order valence-corrected chi connectivity index (χ1v) is 8.00. The van der Waals surface area contributed by atoms with Crippen molar-refractivity contribution in [1.29, 1.82) is 0 Å². The quantitative estimate of drug-likeness (QED) is 0.597. The van der Waals surface area contributed by atoms with Gasteiger partial charge < -0.3 is 19.2 Å². The maximum atomic E-state index is 12.5. The molecule has 2 aromatic carbocycles. The molecule has 4 aromatic rings. The summed E-state index contributed by atoms with van der Waals surface area (Å²) in [7, 11) is 3.18. The first kappa shape index (κ1) is 16.0. The number of benzene rings is 2. The summed E-state index contributed by atoms with van der Waals surface area (Å²) in [5.41, 5.74) is 1.77. The van der Waals surface area contributed by atoms with E-state index < -0.39 is 0 Å². The monoisotopic (exact) mass is 348 g/mol. The summed E-state index contributed by atoms with van der Waals surface area (Å²) in [6.07, 6.45) is 0. The van der Waals surface area contributed by atoms with Gasteiger partial charge in [0, 0.05) is 28.6 Å². The van der Waals surface area contributed by atoms with E-state index in [2.05, 4.69) is 10.3 Å². The molecule has 1 N–H and O–H groups in total. The van der Waals surface area contributed by atoms with Crippen LogP contribution < -0.4 is 14.8 Å². The third-order valence-corrected chi connectivity index (χ3v) is 4.06. The molecule has 130 valence electrons. The lowest BCUT2D eigenvalue weighted by molar-refractivity contribution is 0.0998. The standard InChI is InChI=1S/C20H16N2O4/c1-24-15-5-3-4-14(10-15)21-19(23)18-9-13-8-12-6-7-16(25-2)11-17(12)22-20(13)26-18/h3-11H,1-2H3,(H,21,23). The lowest BCUT2D eigenvalue weighted by Gasteiger charge is -2.05. The molecule has 1 amide bonds. The molecule has 6 nitrogen and oxygen atoms in total. The van der Waals surface area contributed by atoms with Crippen LogP contribution in [0.2, 0.25) is 0 Å². The van der Waals surface area contributed by atoms with Crippen LogP contribution in [-0.4, -0.2) is 25.1 Å². The zero-order chi connectivity index (χ0) is 18.1. The molecule has 0 fully saturated rings. The van der Waals surface area contributed by atoms with Gasteiger partial charge in [-0.15, -0.1) is 0 Å². The van der Waals surface area contributed by atoms with E-state index in [0.717, 1.165) is 16.3 Å². The summed E-state index contributed by atoms with van der Waals surface area (Å²) >= 11 is 0. The van der Waals surface area contributed by atoms with Crippen LogP contribution in [0.5, 0.6) is 11.5 Å². The first-order chi connectivity index (χ1) is 12.7. The number of methoxy groups -OCH3 is 2. The zero-order valence-electron chi connectivity index (χ0n) is 14.3. The predicted octanol–water partition coefficient (Wildman–Crippen LogP) is 4.25. The van der Waals surface area contributed by atoms with E-state index >= 15 is 0 Å². The second-order valence-electron chi connectivity index (χ2n) is 5.74. The van der Waals surface area contributed by atoms with Crippen molar-refractivity contribution in [1.82, 2.24) is 4.98 Å². The van der Waals surface area contributed by atoms with Crippen LogP contribution in [-0.2, 0) is 0 Å². The molecule has 2 heterocycles. The van der Waals surface area contributed by atoms with Crippen molar-refractivity contribution in [3.63, 3.8) is 0 Å². The number of carbonyl (C=O) groups excluding carboxylic acids is 1. The summed E-state index contributed by atoms with van der Waals surface area (Å²) in [4.78, 5) is 17.0. The van der Waals surface area contributed by atoms with Gasteiger partial charge in [-0.1, -0.05) is 6.07 Å². The van der Waals surface area contributed by atoms with Crippen molar-refractivity contribution in [2.45, 2.75) is 0 Å². The summed E-state index contributed by atoms with van der Waals surface area (Å²) in [6, 6.07) is 16.4. The Bertz CT molecular complexity index is 1120. The van der Waals surface area contributed by atoms with E-state index in [1.54, 1.807) is 44.6 Å². The minimum atomic E-state index is -0.349. The Morgan fingerprint density at radius 1 is 0.962 bits per heavy atom. The van der Waals surface area contributed by atoms with Gasteiger partial charge in [0.25, 0.3) is 5.91 Å². The van der Waals surface area contributed by atoms with E-state index in [9.17, 15) is 4.79 Å². The van der Waals surface area contributed by atoms with Crippen molar-refractivity contribution < 1.29 is 18.7 Å². The Morgan fingerprint density at radius 3 is 2.58 bits per heavy atom. The van der Waals surface area contributed by atoms with Gasteiger partial charge >= 0.3 is 0 Å². The van der Waals surface area contributed by atoms with Gasteiger partial charge in [0.1, 0.15) is 11.5 Å². The van der Waals surface area contributed by atoms with Gasteiger partial charge in [0.15, 0.2) is 5.76 Å². The lowest BCUT2D eigenvalue weighted by Crippen LogP contribution is -2.10. The molecule has 0 radical (unpaired) electrons. The van der Waals surface area contributed by atoms with Crippen molar-refractivity contribution in [2.24, 2.45) is 0 Å². The summed E-state index contributed by atoms with van der Waals surface area (Å²) in [5, 5.41) is 4.50. The van der Waals surface area contributed by atoms with Crippen molar-refractivity contribution in [3.8, 4) is 11.5 Å². The van der Waals surface area contributed by atoms with Crippen LogP contribution >= 0.6 is 0 Å². The molecule has 6 heteroatoms. The normalized spacial score (nSPS) is 10.8. The minimum absolute atomic E-state index is 0.192. The molecule has 0 aliphatic heterocycles. The molecule has 0 saturated heterocycles. The number of hydrogen-bond donors (Lipinski definition) is 1. The number of ether oxygens (including phenoxy) is 2.